The van der Waals surface area contributed by atoms with Gasteiger partial charge in [0.2, 0.25) is 5.95 Å². The average molecular weight is 294 g/mol. The molecule has 0 radical (unpaired) electrons. The van der Waals surface area contributed by atoms with Crippen molar-refractivity contribution in [2.24, 2.45) is 0 Å². The molecule has 1 aromatic rings. The Morgan fingerprint density at radius 2 is 2.05 bits per heavy atom. The molecular formula is C14H22N4O3. The molecule has 0 unspecified atom stereocenters. The van der Waals surface area contributed by atoms with E-state index >= 15 is 0 Å². The Morgan fingerprint density at radius 1 is 1.19 bits per heavy atom. The van der Waals surface area contributed by atoms with Gasteiger partial charge in [-0.3, -0.25) is 4.90 Å². The van der Waals surface area contributed by atoms with Crippen LogP contribution in [0.15, 0.2) is 18.5 Å². The third-order valence-electron chi connectivity index (χ3n) is 3.93. The fourth-order valence-corrected chi connectivity index (χ4v) is 2.97. The molecule has 2 aliphatic heterocycles. The van der Waals surface area contributed by atoms with Crippen molar-refractivity contribution in [3.05, 3.63) is 18.5 Å². The summed E-state index contributed by atoms with van der Waals surface area (Å²) in [6.45, 7) is 5.79. The molecule has 1 aromatic heterocycles. The predicted octanol–water partition coefficient (Wildman–Crippen LogP) is -0.623. The monoisotopic (exact) mass is 294 g/mol. The van der Waals surface area contributed by atoms with Crippen LogP contribution in [0.25, 0.3) is 0 Å². The number of rotatable bonds is 3. The highest BCUT2D eigenvalue weighted by Crippen LogP contribution is 2.24. The second kappa shape index (κ2) is 6.65. The van der Waals surface area contributed by atoms with Gasteiger partial charge in [0.25, 0.3) is 0 Å². The molecule has 2 aliphatic rings. The highest BCUT2D eigenvalue weighted by Gasteiger charge is 2.40. The lowest BCUT2D eigenvalue weighted by Gasteiger charge is -2.43. The molecule has 1 spiro atoms. The highest BCUT2D eigenvalue weighted by molar-refractivity contribution is 5.30. The third kappa shape index (κ3) is 3.49. The van der Waals surface area contributed by atoms with Gasteiger partial charge in [0.05, 0.1) is 33.0 Å². The maximum Gasteiger partial charge on any atom is 0.225 e. The summed E-state index contributed by atoms with van der Waals surface area (Å²) in [5.41, 5.74) is -0.372. The van der Waals surface area contributed by atoms with Crippen LogP contribution in [0.5, 0.6) is 0 Å². The molecule has 0 bridgehead atoms. The predicted molar refractivity (Wildman–Crippen MR) is 77.3 cm³/mol. The van der Waals surface area contributed by atoms with Crippen LogP contribution in [0.1, 0.15) is 0 Å². The van der Waals surface area contributed by atoms with Crippen LogP contribution in [-0.2, 0) is 9.47 Å². The molecule has 116 valence electrons. The molecular weight excluding hydrogens is 272 g/mol. The number of aliphatic hydroxyl groups is 1. The van der Waals surface area contributed by atoms with Gasteiger partial charge in [0, 0.05) is 38.6 Å². The summed E-state index contributed by atoms with van der Waals surface area (Å²) in [7, 11) is 0. The van der Waals surface area contributed by atoms with Crippen molar-refractivity contribution in [3.8, 4) is 0 Å². The standard InChI is InChI=1S/C14H22N4O3/c19-7-4-17-5-9-21-14(10-17)11-18(6-8-20-12-14)13-15-2-1-3-16-13/h1-3,19H,4-12H2/t14-/m1/s1. The van der Waals surface area contributed by atoms with Crippen molar-refractivity contribution >= 4 is 5.95 Å². The number of ether oxygens (including phenoxy) is 2. The van der Waals surface area contributed by atoms with Crippen LogP contribution < -0.4 is 4.90 Å². The summed E-state index contributed by atoms with van der Waals surface area (Å²) in [4.78, 5) is 13.0. The van der Waals surface area contributed by atoms with Gasteiger partial charge in [-0.15, -0.1) is 0 Å². The summed E-state index contributed by atoms with van der Waals surface area (Å²) in [5.74, 6) is 0.713. The van der Waals surface area contributed by atoms with Crippen molar-refractivity contribution in [2.45, 2.75) is 5.60 Å². The van der Waals surface area contributed by atoms with E-state index in [1.807, 2.05) is 6.07 Å². The van der Waals surface area contributed by atoms with Crippen molar-refractivity contribution in [1.82, 2.24) is 14.9 Å². The van der Waals surface area contributed by atoms with Gasteiger partial charge < -0.3 is 19.5 Å². The van der Waals surface area contributed by atoms with Gasteiger partial charge >= 0.3 is 0 Å². The van der Waals surface area contributed by atoms with Crippen LogP contribution >= 0.6 is 0 Å². The SMILES string of the molecule is OCCN1CCO[C@]2(COCCN(c3ncccn3)C2)C1. The number of aromatic nitrogens is 2. The number of aliphatic hydroxyl groups excluding tert-OH is 1. The van der Waals surface area contributed by atoms with Gasteiger partial charge in [-0.05, 0) is 6.07 Å². The van der Waals surface area contributed by atoms with E-state index in [1.54, 1.807) is 12.4 Å². The summed E-state index contributed by atoms with van der Waals surface area (Å²) < 4.78 is 11.8. The molecule has 0 aromatic carbocycles. The molecule has 7 heteroatoms. The minimum atomic E-state index is -0.372. The summed E-state index contributed by atoms with van der Waals surface area (Å²) in [5, 5.41) is 9.15. The zero-order chi connectivity index (χ0) is 14.5. The molecule has 0 saturated carbocycles. The van der Waals surface area contributed by atoms with E-state index in [-0.39, 0.29) is 12.2 Å². The molecule has 0 aliphatic carbocycles. The maximum atomic E-state index is 9.15. The summed E-state index contributed by atoms with van der Waals surface area (Å²) >= 11 is 0. The van der Waals surface area contributed by atoms with Crippen molar-refractivity contribution in [2.75, 3.05) is 64.1 Å². The zero-order valence-corrected chi connectivity index (χ0v) is 12.1. The van der Waals surface area contributed by atoms with Gasteiger partial charge in [-0.2, -0.15) is 0 Å². The largest absolute Gasteiger partial charge is 0.395 e. The molecule has 21 heavy (non-hydrogen) atoms. The first-order valence-corrected chi connectivity index (χ1v) is 7.38. The molecule has 2 saturated heterocycles. The Balaban J connectivity index is 1.75. The molecule has 1 atom stereocenters. The Bertz CT molecular complexity index is 445. The molecule has 2 fully saturated rings. The van der Waals surface area contributed by atoms with Crippen molar-refractivity contribution < 1.29 is 14.6 Å². The first-order chi connectivity index (χ1) is 10.3. The lowest BCUT2D eigenvalue weighted by molar-refractivity contribution is -0.133. The van der Waals surface area contributed by atoms with Crippen LogP contribution in [0.2, 0.25) is 0 Å². The summed E-state index contributed by atoms with van der Waals surface area (Å²) in [6.07, 6.45) is 3.50. The van der Waals surface area contributed by atoms with E-state index in [9.17, 15) is 0 Å². The zero-order valence-electron chi connectivity index (χ0n) is 12.1. The number of anilines is 1. The average Bonchev–Trinajstić information content (AvgIpc) is 2.71. The normalized spacial score (nSPS) is 27.8. The van der Waals surface area contributed by atoms with E-state index < -0.39 is 0 Å². The molecule has 0 amide bonds. The van der Waals surface area contributed by atoms with Crippen LogP contribution in [0.3, 0.4) is 0 Å². The van der Waals surface area contributed by atoms with Crippen LogP contribution in [0, 0.1) is 0 Å². The Hall–Kier alpha value is -1.28. The first kappa shape index (κ1) is 14.6. The van der Waals surface area contributed by atoms with Gasteiger partial charge in [-0.1, -0.05) is 0 Å². The number of hydrogen-bond donors (Lipinski definition) is 1. The lowest BCUT2D eigenvalue weighted by Crippen LogP contribution is -2.59. The Morgan fingerprint density at radius 3 is 2.86 bits per heavy atom. The summed E-state index contributed by atoms with van der Waals surface area (Å²) in [6, 6.07) is 1.81. The first-order valence-electron chi connectivity index (χ1n) is 7.38. The van der Waals surface area contributed by atoms with Gasteiger partial charge in [0.15, 0.2) is 0 Å². The topological polar surface area (TPSA) is 71.0 Å². The van der Waals surface area contributed by atoms with E-state index in [0.29, 0.717) is 38.9 Å². The number of morpholine rings is 1. The fourth-order valence-electron chi connectivity index (χ4n) is 2.97. The van der Waals surface area contributed by atoms with E-state index in [4.69, 9.17) is 14.6 Å². The third-order valence-corrected chi connectivity index (χ3v) is 3.93. The lowest BCUT2D eigenvalue weighted by atomic mass is 10.0. The number of hydrogen-bond acceptors (Lipinski definition) is 7. The van der Waals surface area contributed by atoms with E-state index in [1.165, 1.54) is 0 Å². The number of nitrogens with zero attached hydrogens (tertiary/aromatic N) is 4. The quantitative estimate of drug-likeness (QED) is 0.796. The minimum absolute atomic E-state index is 0.169. The van der Waals surface area contributed by atoms with E-state index in [2.05, 4.69) is 19.8 Å². The minimum Gasteiger partial charge on any atom is -0.395 e. The maximum absolute atomic E-state index is 9.15. The molecule has 3 rings (SSSR count). The molecule has 1 N–H and O–H groups in total. The van der Waals surface area contributed by atoms with Crippen LogP contribution in [-0.4, -0.2) is 84.7 Å². The van der Waals surface area contributed by atoms with Crippen LogP contribution in [0.4, 0.5) is 5.95 Å². The van der Waals surface area contributed by atoms with Crippen molar-refractivity contribution in [1.29, 1.82) is 0 Å². The molecule has 3 heterocycles. The second-order valence-electron chi connectivity index (χ2n) is 5.55. The smallest absolute Gasteiger partial charge is 0.225 e. The van der Waals surface area contributed by atoms with E-state index in [0.717, 1.165) is 19.6 Å². The van der Waals surface area contributed by atoms with Crippen molar-refractivity contribution in [3.63, 3.8) is 0 Å². The second-order valence-corrected chi connectivity index (χ2v) is 5.55. The fraction of sp³-hybridized carbons (Fsp3) is 0.714. The Kier molecular flexibility index (Phi) is 4.64. The van der Waals surface area contributed by atoms with Gasteiger partial charge in [-0.25, -0.2) is 9.97 Å². The Labute approximate surface area is 124 Å². The highest BCUT2D eigenvalue weighted by atomic mass is 16.5. The number of β-amino-alcohol motifs (C(OH)–C–C–N with tert-alkyl or cyclic N) is 1. The van der Waals surface area contributed by atoms with Gasteiger partial charge in [0.1, 0.15) is 5.60 Å². The molecule has 7 nitrogen and oxygen atoms in total.